The van der Waals surface area contributed by atoms with Crippen LogP contribution in [0.2, 0.25) is 0 Å². The SMILES string of the molecule is Cc1ccc(C(=O)N2CCN(C(=O)[C@H](NC(=O)c3ccco3)S(=O)(=O)c3ccccc3)CC2)cc1. The van der Waals surface area contributed by atoms with Gasteiger partial charge in [-0.2, -0.15) is 0 Å². The Bertz CT molecular complexity index is 1300. The number of carbonyl (C=O) groups is 3. The Balaban J connectivity index is 1.52. The third-order valence-electron chi connectivity index (χ3n) is 5.79. The van der Waals surface area contributed by atoms with Crippen molar-refractivity contribution in [3.8, 4) is 0 Å². The molecule has 0 spiro atoms. The fraction of sp³-hybridized carbons (Fsp3) is 0.240. The maximum absolute atomic E-state index is 13.4. The van der Waals surface area contributed by atoms with E-state index in [4.69, 9.17) is 4.42 Å². The van der Waals surface area contributed by atoms with Gasteiger partial charge in [0, 0.05) is 31.7 Å². The van der Waals surface area contributed by atoms with Gasteiger partial charge >= 0.3 is 0 Å². The lowest BCUT2D eigenvalue weighted by Crippen LogP contribution is -2.57. The molecule has 182 valence electrons. The number of furan rings is 1. The molecule has 9 nitrogen and oxygen atoms in total. The van der Waals surface area contributed by atoms with Crippen molar-refractivity contribution in [2.24, 2.45) is 0 Å². The van der Waals surface area contributed by atoms with Crippen molar-refractivity contribution in [3.05, 3.63) is 89.9 Å². The molecule has 0 aliphatic carbocycles. The first-order chi connectivity index (χ1) is 16.8. The van der Waals surface area contributed by atoms with Crippen LogP contribution >= 0.6 is 0 Å². The number of hydrogen-bond donors (Lipinski definition) is 1. The van der Waals surface area contributed by atoms with Crippen LogP contribution in [-0.4, -0.2) is 67.5 Å². The number of nitrogens with zero attached hydrogens (tertiary/aromatic N) is 2. The number of piperazine rings is 1. The monoisotopic (exact) mass is 495 g/mol. The molecule has 2 heterocycles. The maximum atomic E-state index is 13.4. The van der Waals surface area contributed by atoms with Gasteiger partial charge in [0.15, 0.2) is 5.76 Å². The molecule has 3 aromatic rings. The number of hydrogen-bond acceptors (Lipinski definition) is 6. The van der Waals surface area contributed by atoms with Gasteiger partial charge in [0.25, 0.3) is 17.7 Å². The molecule has 1 N–H and O–H groups in total. The van der Waals surface area contributed by atoms with E-state index in [1.165, 1.54) is 47.6 Å². The molecule has 1 aromatic heterocycles. The van der Waals surface area contributed by atoms with Crippen LogP contribution < -0.4 is 5.32 Å². The molecule has 1 atom stereocenters. The van der Waals surface area contributed by atoms with Crippen molar-refractivity contribution in [3.63, 3.8) is 0 Å². The number of sulfone groups is 1. The Morgan fingerprint density at radius 3 is 2.09 bits per heavy atom. The lowest BCUT2D eigenvalue weighted by molar-refractivity contribution is -0.132. The van der Waals surface area contributed by atoms with E-state index in [9.17, 15) is 22.8 Å². The van der Waals surface area contributed by atoms with E-state index in [-0.39, 0.29) is 42.7 Å². The summed E-state index contributed by atoms with van der Waals surface area (Å²) in [5.74, 6) is -1.85. The zero-order chi connectivity index (χ0) is 25.0. The second-order valence-electron chi connectivity index (χ2n) is 8.17. The molecule has 0 bridgehead atoms. The Kier molecular flexibility index (Phi) is 7.02. The van der Waals surface area contributed by atoms with E-state index in [0.717, 1.165) is 5.56 Å². The van der Waals surface area contributed by atoms with Gasteiger partial charge in [0.1, 0.15) is 0 Å². The molecule has 0 saturated carbocycles. The predicted octanol–water partition coefficient (Wildman–Crippen LogP) is 2.10. The van der Waals surface area contributed by atoms with Crippen molar-refractivity contribution in [1.82, 2.24) is 15.1 Å². The molecule has 0 unspecified atom stereocenters. The minimum absolute atomic E-state index is 0.0914. The highest BCUT2D eigenvalue weighted by Crippen LogP contribution is 2.19. The van der Waals surface area contributed by atoms with E-state index in [1.807, 2.05) is 19.1 Å². The Morgan fingerprint density at radius 2 is 1.49 bits per heavy atom. The minimum Gasteiger partial charge on any atom is -0.459 e. The van der Waals surface area contributed by atoms with E-state index < -0.39 is 27.0 Å². The van der Waals surface area contributed by atoms with E-state index in [2.05, 4.69) is 5.32 Å². The molecule has 1 fully saturated rings. The largest absolute Gasteiger partial charge is 0.459 e. The van der Waals surface area contributed by atoms with Crippen molar-refractivity contribution in [2.75, 3.05) is 26.2 Å². The van der Waals surface area contributed by atoms with Crippen LogP contribution in [0.4, 0.5) is 0 Å². The molecule has 1 aliphatic heterocycles. The number of nitrogens with one attached hydrogen (secondary N) is 1. The van der Waals surface area contributed by atoms with Crippen LogP contribution in [-0.2, 0) is 14.6 Å². The van der Waals surface area contributed by atoms with Crippen molar-refractivity contribution in [2.45, 2.75) is 17.2 Å². The zero-order valence-electron chi connectivity index (χ0n) is 19.1. The average molecular weight is 496 g/mol. The summed E-state index contributed by atoms with van der Waals surface area (Å²) in [6.45, 7) is 2.68. The summed E-state index contributed by atoms with van der Waals surface area (Å²) < 4.78 is 31.8. The van der Waals surface area contributed by atoms with Crippen LogP contribution in [0.5, 0.6) is 0 Å². The topological polar surface area (TPSA) is 117 Å². The lowest BCUT2D eigenvalue weighted by Gasteiger charge is -2.36. The molecule has 10 heteroatoms. The second kappa shape index (κ2) is 10.1. The summed E-state index contributed by atoms with van der Waals surface area (Å²) in [5.41, 5.74) is 1.59. The number of amides is 3. The van der Waals surface area contributed by atoms with Crippen LogP contribution in [0, 0.1) is 6.92 Å². The van der Waals surface area contributed by atoms with Gasteiger partial charge in [-0.15, -0.1) is 0 Å². The Labute approximate surface area is 203 Å². The fourth-order valence-electron chi connectivity index (χ4n) is 3.79. The maximum Gasteiger partial charge on any atom is 0.288 e. The average Bonchev–Trinajstić information content (AvgIpc) is 3.43. The number of carbonyl (C=O) groups excluding carboxylic acids is 3. The first kappa shape index (κ1) is 24.2. The van der Waals surface area contributed by atoms with Crippen LogP contribution in [0.15, 0.2) is 82.3 Å². The summed E-state index contributed by atoms with van der Waals surface area (Å²) in [4.78, 5) is 41.7. The Hall–Kier alpha value is -3.92. The van der Waals surface area contributed by atoms with Crippen molar-refractivity contribution >= 4 is 27.6 Å². The number of rotatable bonds is 6. The first-order valence-corrected chi connectivity index (χ1v) is 12.6. The summed E-state index contributed by atoms with van der Waals surface area (Å²) in [5, 5.41) is 0.482. The van der Waals surface area contributed by atoms with Gasteiger partial charge in [0.05, 0.1) is 11.2 Å². The normalized spacial score (nSPS) is 14.9. The molecule has 1 aliphatic rings. The zero-order valence-corrected chi connectivity index (χ0v) is 19.9. The second-order valence-corrected chi connectivity index (χ2v) is 10.2. The van der Waals surface area contributed by atoms with Crippen LogP contribution in [0.3, 0.4) is 0 Å². The molecule has 2 aromatic carbocycles. The van der Waals surface area contributed by atoms with Crippen LogP contribution in [0.25, 0.3) is 0 Å². The van der Waals surface area contributed by atoms with Gasteiger partial charge in [0.2, 0.25) is 15.2 Å². The third kappa shape index (κ3) is 5.27. The van der Waals surface area contributed by atoms with Gasteiger partial charge in [-0.3, -0.25) is 14.4 Å². The van der Waals surface area contributed by atoms with Gasteiger partial charge in [-0.25, -0.2) is 8.42 Å². The molecule has 35 heavy (non-hydrogen) atoms. The molecular formula is C25H25N3O6S. The van der Waals surface area contributed by atoms with Gasteiger partial charge in [-0.05, 0) is 43.3 Å². The standard InChI is InChI=1S/C25H25N3O6S/c1-18-9-11-19(12-10-18)24(30)27-13-15-28(16-14-27)25(31)23(26-22(29)21-8-5-17-34-21)35(32,33)20-6-3-2-4-7-20/h2-12,17,23H,13-16H2,1H3,(H,26,29)/t23-/m1/s1. The highest BCUT2D eigenvalue weighted by molar-refractivity contribution is 7.92. The third-order valence-corrected chi connectivity index (χ3v) is 7.66. The van der Waals surface area contributed by atoms with E-state index in [1.54, 1.807) is 23.1 Å². The highest BCUT2D eigenvalue weighted by atomic mass is 32.2. The smallest absolute Gasteiger partial charge is 0.288 e. The summed E-state index contributed by atoms with van der Waals surface area (Å²) in [7, 11) is -4.26. The van der Waals surface area contributed by atoms with Gasteiger partial charge in [-0.1, -0.05) is 35.9 Å². The molecule has 0 radical (unpaired) electrons. The Morgan fingerprint density at radius 1 is 0.857 bits per heavy atom. The molecule has 4 rings (SSSR count). The minimum atomic E-state index is -4.26. The van der Waals surface area contributed by atoms with E-state index in [0.29, 0.717) is 5.56 Å². The predicted molar refractivity (Wildman–Crippen MR) is 127 cm³/mol. The molecular weight excluding hydrogens is 470 g/mol. The quantitative estimate of drug-likeness (QED) is 0.560. The highest BCUT2D eigenvalue weighted by Gasteiger charge is 2.40. The lowest BCUT2D eigenvalue weighted by atomic mass is 10.1. The summed E-state index contributed by atoms with van der Waals surface area (Å²) >= 11 is 0. The number of aryl methyl sites for hydroxylation is 1. The van der Waals surface area contributed by atoms with Crippen LogP contribution in [0.1, 0.15) is 26.5 Å². The van der Waals surface area contributed by atoms with Crippen molar-refractivity contribution < 1.29 is 27.2 Å². The summed E-state index contributed by atoms with van der Waals surface area (Å²) in [6, 6.07) is 17.5. The van der Waals surface area contributed by atoms with Crippen molar-refractivity contribution in [1.29, 1.82) is 0 Å². The summed E-state index contributed by atoms with van der Waals surface area (Å²) in [6.07, 6.45) is 1.28. The molecule has 1 saturated heterocycles. The fourth-order valence-corrected chi connectivity index (χ4v) is 5.28. The van der Waals surface area contributed by atoms with E-state index >= 15 is 0 Å². The molecule has 3 amide bonds. The first-order valence-electron chi connectivity index (χ1n) is 11.1. The van der Waals surface area contributed by atoms with Gasteiger partial charge < -0.3 is 19.5 Å². The number of benzene rings is 2.